The van der Waals surface area contributed by atoms with Gasteiger partial charge in [-0.1, -0.05) is 11.6 Å². The maximum Gasteiger partial charge on any atom is 0.155 e. The number of carbonyl (C=O) groups is 1. The van der Waals surface area contributed by atoms with Gasteiger partial charge in [0.1, 0.15) is 11.6 Å². The van der Waals surface area contributed by atoms with Crippen LogP contribution in [0.2, 0.25) is 5.02 Å². The first-order chi connectivity index (χ1) is 6.11. The fourth-order valence-electron chi connectivity index (χ4n) is 1.14. The van der Waals surface area contributed by atoms with Crippen molar-refractivity contribution in [3.8, 4) is 5.75 Å². The molecule has 2 nitrogen and oxygen atoms in total. The molecule has 0 N–H and O–H groups in total. The minimum absolute atomic E-state index is 0.0571. The van der Waals surface area contributed by atoms with E-state index in [4.69, 9.17) is 16.3 Å². The van der Waals surface area contributed by atoms with Crippen molar-refractivity contribution < 1.29 is 13.9 Å². The minimum atomic E-state index is -0.609. The Morgan fingerprint density at radius 3 is 2.69 bits per heavy atom. The highest BCUT2D eigenvalue weighted by Gasteiger charge is 2.14. The van der Waals surface area contributed by atoms with Gasteiger partial charge in [-0.2, -0.15) is 0 Å². The van der Waals surface area contributed by atoms with Crippen molar-refractivity contribution in [1.82, 2.24) is 0 Å². The Labute approximate surface area is 80.3 Å². The van der Waals surface area contributed by atoms with Gasteiger partial charge in [0.15, 0.2) is 6.29 Å². The molecule has 0 aliphatic carbocycles. The normalized spacial score (nSPS) is 9.85. The molecule has 4 heteroatoms. The Morgan fingerprint density at radius 2 is 2.23 bits per heavy atom. The summed E-state index contributed by atoms with van der Waals surface area (Å²) in [5, 5.41) is -0.197. The number of aryl methyl sites for hydroxylation is 1. The van der Waals surface area contributed by atoms with Crippen LogP contribution in [0.15, 0.2) is 6.07 Å². The number of rotatable bonds is 2. The van der Waals surface area contributed by atoms with Crippen LogP contribution in [0.4, 0.5) is 4.39 Å². The van der Waals surface area contributed by atoms with Crippen LogP contribution in [0.1, 0.15) is 15.9 Å². The van der Waals surface area contributed by atoms with Crippen LogP contribution in [-0.4, -0.2) is 13.4 Å². The van der Waals surface area contributed by atoms with Gasteiger partial charge in [-0.3, -0.25) is 4.79 Å². The van der Waals surface area contributed by atoms with E-state index in [-0.39, 0.29) is 10.6 Å². The Hall–Kier alpha value is -1.09. The maximum atomic E-state index is 13.0. The number of aldehydes is 1. The van der Waals surface area contributed by atoms with Crippen molar-refractivity contribution >= 4 is 17.9 Å². The van der Waals surface area contributed by atoms with E-state index in [2.05, 4.69) is 0 Å². The molecule has 0 fully saturated rings. The van der Waals surface area contributed by atoms with Gasteiger partial charge in [0.2, 0.25) is 0 Å². The Morgan fingerprint density at radius 1 is 1.62 bits per heavy atom. The molecule has 0 aromatic heterocycles. The van der Waals surface area contributed by atoms with Crippen LogP contribution in [0, 0.1) is 12.7 Å². The Balaban J connectivity index is 3.50. The molecule has 0 spiro atoms. The standard InChI is InChI=1S/C9H8ClFO2/c1-5-3-7(11)8(10)6(4-12)9(5)13-2/h3-4H,1-2H3. The minimum Gasteiger partial charge on any atom is -0.496 e. The summed E-state index contributed by atoms with van der Waals surface area (Å²) in [7, 11) is 1.41. The van der Waals surface area contributed by atoms with Gasteiger partial charge in [0.05, 0.1) is 17.7 Å². The predicted octanol–water partition coefficient (Wildman–Crippen LogP) is 2.61. The van der Waals surface area contributed by atoms with Crippen LogP contribution >= 0.6 is 11.6 Å². The third-order valence-corrected chi connectivity index (χ3v) is 2.10. The van der Waals surface area contributed by atoms with Crippen molar-refractivity contribution in [2.75, 3.05) is 7.11 Å². The molecule has 1 rings (SSSR count). The number of benzene rings is 1. The fraction of sp³-hybridized carbons (Fsp3) is 0.222. The molecule has 0 unspecified atom stereocenters. The van der Waals surface area contributed by atoms with Crippen LogP contribution in [0.5, 0.6) is 5.75 Å². The number of halogens is 2. The zero-order chi connectivity index (χ0) is 10.0. The van der Waals surface area contributed by atoms with Crippen LogP contribution in [0.25, 0.3) is 0 Å². The summed E-state index contributed by atoms with van der Waals surface area (Å²) in [5.74, 6) is -0.288. The first kappa shape index (κ1) is 9.99. The van der Waals surface area contributed by atoms with Crippen LogP contribution < -0.4 is 4.74 Å². The molecule has 0 saturated carbocycles. The molecule has 13 heavy (non-hydrogen) atoms. The van der Waals surface area contributed by atoms with E-state index in [0.717, 1.165) is 0 Å². The smallest absolute Gasteiger partial charge is 0.155 e. The highest BCUT2D eigenvalue weighted by molar-refractivity contribution is 6.33. The first-order valence-corrected chi connectivity index (χ1v) is 3.97. The third-order valence-electron chi connectivity index (χ3n) is 1.71. The van der Waals surface area contributed by atoms with E-state index in [1.165, 1.54) is 13.2 Å². The summed E-state index contributed by atoms with van der Waals surface area (Å²) in [5.41, 5.74) is 0.605. The summed E-state index contributed by atoms with van der Waals surface area (Å²) in [6.45, 7) is 1.64. The van der Waals surface area contributed by atoms with Gasteiger partial charge >= 0.3 is 0 Å². The van der Waals surface area contributed by atoms with E-state index in [1.807, 2.05) is 0 Å². The SMILES string of the molecule is COc1c(C)cc(F)c(Cl)c1C=O. The van der Waals surface area contributed by atoms with Crippen LogP contribution in [-0.2, 0) is 0 Å². The summed E-state index contributed by atoms with van der Waals surface area (Å²) in [6, 6.07) is 1.23. The lowest BCUT2D eigenvalue weighted by molar-refractivity contribution is 0.112. The van der Waals surface area contributed by atoms with E-state index in [9.17, 15) is 9.18 Å². The molecule has 0 saturated heterocycles. The largest absolute Gasteiger partial charge is 0.496 e. The zero-order valence-corrected chi connectivity index (χ0v) is 7.98. The quantitative estimate of drug-likeness (QED) is 0.689. The van der Waals surface area contributed by atoms with Crippen molar-refractivity contribution in [3.63, 3.8) is 0 Å². The number of hydrogen-bond acceptors (Lipinski definition) is 2. The van der Waals surface area contributed by atoms with Gasteiger partial charge in [-0.05, 0) is 18.6 Å². The molecule has 0 aliphatic heterocycles. The highest BCUT2D eigenvalue weighted by Crippen LogP contribution is 2.30. The van der Waals surface area contributed by atoms with E-state index >= 15 is 0 Å². The van der Waals surface area contributed by atoms with Gasteiger partial charge < -0.3 is 4.74 Å². The topological polar surface area (TPSA) is 26.3 Å². The lowest BCUT2D eigenvalue weighted by Gasteiger charge is -2.09. The Kier molecular flexibility index (Phi) is 2.88. The molecular formula is C9H8ClFO2. The van der Waals surface area contributed by atoms with Gasteiger partial charge in [0.25, 0.3) is 0 Å². The van der Waals surface area contributed by atoms with Crippen molar-refractivity contribution in [2.45, 2.75) is 6.92 Å². The molecule has 1 aromatic rings. The molecule has 1 aromatic carbocycles. The summed E-state index contributed by atoms with van der Waals surface area (Å²) >= 11 is 5.56. The average molecular weight is 203 g/mol. The highest BCUT2D eigenvalue weighted by atomic mass is 35.5. The zero-order valence-electron chi connectivity index (χ0n) is 7.23. The average Bonchev–Trinajstić information content (AvgIpc) is 2.10. The van der Waals surface area contributed by atoms with E-state index in [0.29, 0.717) is 17.6 Å². The van der Waals surface area contributed by atoms with Crippen LogP contribution in [0.3, 0.4) is 0 Å². The second kappa shape index (κ2) is 3.75. The van der Waals surface area contributed by atoms with Gasteiger partial charge in [-0.15, -0.1) is 0 Å². The molecule has 0 heterocycles. The summed E-state index contributed by atoms with van der Waals surface area (Å²) in [6.07, 6.45) is 0.483. The molecule has 0 atom stereocenters. The number of ether oxygens (including phenoxy) is 1. The Bertz CT molecular complexity index is 350. The van der Waals surface area contributed by atoms with Crippen molar-refractivity contribution in [3.05, 3.63) is 28.0 Å². The summed E-state index contributed by atoms with van der Waals surface area (Å²) in [4.78, 5) is 10.6. The predicted molar refractivity (Wildman–Crippen MR) is 48.1 cm³/mol. The van der Waals surface area contributed by atoms with Crippen molar-refractivity contribution in [1.29, 1.82) is 0 Å². The van der Waals surface area contributed by atoms with Gasteiger partial charge in [-0.25, -0.2) is 4.39 Å². The van der Waals surface area contributed by atoms with Gasteiger partial charge in [0, 0.05) is 0 Å². The number of hydrogen-bond donors (Lipinski definition) is 0. The fourth-order valence-corrected chi connectivity index (χ4v) is 1.32. The molecule has 0 amide bonds. The number of carbonyl (C=O) groups excluding carboxylic acids is 1. The van der Waals surface area contributed by atoms with E-state index < -0.39 is 5.82 Å². The molecule has 0 radical (unpaired) electrons. The molecular weight excluding hydrogens is 195 g/mol. The lowest BCUT2D eigenvalue weighted by atomic mass is 10.1. The van der Waals surface area contributed by atoms with Crippen molar-refractivity contribution in [2.24, 2.45) is 0 Å². The lowest BCUT2D eigenvalue weighted by Crippen LogP contribution is -1.97. The van der Waals surface area contributed by atoms with E-state index in [1.54, 1.807) is 6.92 Å². The second-order valence-corrected chi connectivity index (χ2v) is 2.93. The monoisotopic (exact) mass is 202 g/mol. The third kappa shape index (κ3) is 1.65. The number of methoxy groups -OCH3 is 1. The summed E-state index contributed by atoms with van der Waals surface area (Å²) < 4.78 is 17.9. The first-order valence-electron chi connectivity index (χ1n) is 3.59. The molecule has 70 valence electrons. The molecule has 0 aliphatic rings. The molecule has 0 bridgehead atoms. The second-order valence-electron chi connectivity index (χ2n) is 2.55. The maximum absolute atomic E-state index is 13.0.